The molecular formula is C22H30N3O3S-. The third-order valence-corrected chi connectivity index (χ3v) is 6.73. The van der Waals surface area contributed by atoms with Crippen LogP contribution in [0.1, 0.15) is 69.9 Å². The summed E-state index contributed by atoms with van der Waals surface area (Å²) in [5, 5.41) is 0. The molecule has 4 atom stereocenters. The number of amides is 1. The van der Waals surface area contributed by atoms with Crippen molar-refractivity contribution in [3.8, 4) is 0 Å². The standard InChI is InChI=1S/C22H31N3O3S/c1-3-19(24-14-12-23-16-24)8-9-20(25-13-4-5-22(25)26)15-17(2)18-6-10-21(11-7-18)29(27)28/h6-7,10-12,14,16-17,19-20H,3-5,8-9,13,15H2,1-2H3,(H,27,28)/p-1. The molecule has 0 bridgehead atoms. The summed E-state index contributed by atoms with van der Waals surface area (Å²) in [6.45, 7) is 5.18. The van der Waals surface area contributed by atoms with Crippen molar-refractivity contribution in [2.45, 2.75) is 75.3 Å². The van der Waals surface area contributed by atoms with Crippen LogP contribution in [0.25, 0.3) is 0 Å². The van der Waals surface area contributed by atoms with E-state index >= 15 is 0 Å². The Morgan fingerprint density at radius 1 is 1.21 bits per heavy atom. The van der Waals surface area contributed by atoms with Gasteiger partial charge in [-0.25, -0.2) is 4.98 Å². The molecule has 1 aliphatic heterocycles. The molecule has 4 unspecified atom stereocenters. The van der Waals surface area contributed by atoms with Crippen molar-refractivity contribution >= 4 is 17.0 Å². The van der Waals surface area contributed by atoms with Crippen LogP contribution in [-0.4, -0.2) is 41.7 Å². The SMILES string of the molecule is CCC(CCC(CC(C)c1ccc(S(=O)[O-])cc1)N1CCCC1=O)n1ccnc1. The molecule has 3 rings (SSSR count). The van der Waals surface area contributed by atoms with E-state index in [-0.39, 0.29) is 17.9 Å². The lowest BCUT2D eigenvalue weighted by molar-refractivity contribution is -0.130. The molecule has 1 saturated heterocycles. The van der Waals surface area contributed by atoms with Gasteiger partial charge in [0.1, 0.15) is 0 Å². The van der Waals surface area contributed by atoms with Crippen LogP contribution in [-0.2, 0) is 15.9 Å². The highest BCUT2D eigenvalue weighted by Crippen LogP contribution is 2.30. The number of likely N-dealkylation sites (tertiary alicyclic amines) is 1. The van der Waals surface area contributed by atoms with Crippen molar-refractivity contribution in [2.75, 3.05) is 6.54 Å². The lowest BCUT2D eigenvalue weighted by atomic mass is 9.90. The number of hydrogen-bond acceptors (Lipinski definition) is 4. The number of imidazole rings is 1. The number of benzene rings is 1. The molecule has 1 fully saturated rings. The van der Waals surface area contributed by atoms with Crippen molar-refractivity contribution in [3.05, 3.63) is 48.5 Å². The fraction of sp³-hybridized carbons (Fsp3) is 0.545. The summed E-state index contributed by atoms with van der Waals surface area (Å²) in [6, 6.07) is 7.66. The maximum atomic E-state index is 12.4. The van der Waals surface area contributed by atoms with Crippen LogP contribution in [0.3, 0.4) is 0 Å². The molecule has 29 heavy (non-hydrogen) atoms. The van der Waals surface area contributed by atoms with E-state index in [1.807, 2.05) is 30.9 Å². The Morgan fingerprint density at radius 3 is 2.48 bits per heavy atom. The van der Waals surface area contributed by atoms with E-state index in [9.17, 15) is 13.6 Å². The average molecular weight is 417 g/mol. The minimum Gasteiger partial charge on any atom is -0.768 e. The van der Waals surface area contributed by atoms with E-state index in [2.05, 4.69) is 28.3 Å². The Kier molecular flexibility index (Phi) is 7.61. The lowest BCUT2D eigenvalue weighted by Gasteiger charge is -2.31. The number of nitrogens with zero attached hydrogens (tertiary/aromatic N) is 3. The van der Waals surface area contributed by atoms with Crippen molar-refractivity contribution in [1.82, 2.24) is 14.5 Å². The predicted octanol–water partition coefficient (Wildman–Crippen LogP) is 4.04. The van der Waals surface area contributed by atoms with Gasteiger partial charge < -0.3 is 14.0 Å². The molecule has 0 N–H and O–H groups in total. The van der Waals surface area contributed by atoms with Gasteiger partial charge in [0.2, 0.25) is 5.91 Å². The van der Waals surface area contributed by atoms with Gasteiger partial charge in [-0.3, -0.25) is 9.00 Å². The summed E-state index contributed by atoms with van der Waals surface area (Å²) in [4.78, 5) is 19.0. The first-order chi connectivity index (χ1) is 14.0. The molecule has 2 heterocycles. The zero-order valence-electron chi connectivity index (χ0n) is 17.2. The molecule has 0 spiro atoms. The van der Waals surface area contributed by atoms with Crippen molar-refractivity contribution < 1.29 is 13.6 Å². The largest absolute Gasteiger partial charge is 0.768 e. The summed E-state index contributed by atoms with van der Waals surface area (Å²) in [5.74, 6) is 0.505. The van der Waals surface area contributed by atoms with Gasteiger partial charge >= 0.3 is 0 Å². The zero-order chi connectivity index (χ0) is 20.8. The number of carbonyl (C=O) groups is 1. The first-order valence-electron chi connectivity index (χ1n) is 10.5. The third-order valence-electron chi connectivity index (χ3n) is 6.07. The van der Waals surface area contributed by atoms with Crippen molar-refractivity contribution in [3.63, 3.8) is 0 Å². The summed E-state index contributed by atoms with van der Waals surface area (Å²) in [6.07, 6.45) is 11.1. The van der Waals surface area contributed by atoms with E-state index in [1.54, 1.807) is 12.1 Å². The first-order valence-corrected chi connectivity index (χ1v) is 11.5. The van der Waals surface area contributed by atoms with Crippen LogP contribution in [0.5, 0.6) is 0 Å². The Morgan fingerprint density at radius 2 is 1.93 bits per heavy atom. The van der Waals surface area contributed by atoms with Crippen molar-refractivity contribution in [2.24, 2.45) is 0 Å². The third kappa shape index (κ3) is 5.54. The maximum Gasteiger partial charge on any atom is 0.222 e. The van der Waals surface area contributed by atoms with Crippen LogP contribution in [0.2, 0.25) is 0 Å². The van der Waals surface area contributed by atoms with Crippen molar-refractivity contribution in [1.29, 1.82) is 0 Å². The molecule has 6 nitrogen and oxygen atoms in total. The van der Waals surface area contributed by atoms with Gasteiger partial charge in [-0.2, -0.15) is 0 Å². The summed E-state index contributed by atoms with van der Waals surface area (Å²) in [7, 11) is 0. The molecule has 1 amide bonds. The van der Waals surface area contributed by atoms with Gasteiger partial charge in [0.15, 0.2) is 0 Å². The minimum atomic E-state index is -2.20. The first kappa shape index (κ1) is 21.7. The highest BCUT2D eigenvalue weighted by molar-refractivity contribution is 7.79. The Hall–Kier alpha value is -1.99. The molecule has 0 saturated carbocycles. The molecule has 1 aromatic carbocycles. The molecule has 0 aliphatic carbocycles. The highest BCUT2D eigenvalue weighted by atomic mass is 32.2. The summed E-state index contributed by atoms with van der Waals surface area (Å²) < 4.78 is 24.3. The Bertz CT molecular complexity index is 807. The predicted molar refractivity (Wildman–Crippen MR) is 112 cm³/mol. The monoisotopic (exact) mass is 416 g/mol. The lowest BCUT2D eigenvalue weighted by Crippen LogP contribution is -2.37. The van der Waals surface area contributed by atoms with Crippen LogP contribution in [0, 0.1) is 0 Å². The molecule has 7 heteroatoms. The summed E-state index contributed by atoms with van der Waals surface area (Å²) in [5.41, 5.74) is 1.11. The normalized spacial score (nSPS) is 18.6. The van der Waals surface area contributed by atoms with E-state index in [1.165, 1.54) is 0 Å². The average Bonchev–Trinajstić information content (AvgIpc) is 3.39. The van der Waals surface area contributed by atoms with Crippen LogP contribution < -0.4 is 0 Å². The smallest absolute Gasteiger partial charge is 0.222 e. The quantitative estimate of drug-likeness (QED) is 0.548. The Labute approximate surface area is 175 Å². The topological polar surface area (TPSA) is 78.3 Å². The number of rotatable bonds is 10. The van der Waals surface area contributed by atoms with E-state index in [0.717, 1.165) is 44.2 Å². The van der Waals surface area contributed by atoms with Crippen LogP contribution in [0.15, 0.2) is 47.9 Å². The molecule has 0 radical (unpaired) electrons. The fourth-order valence-electron chi connectivity index (χ4n) is 4.34. The van der Waals surface area contributed by atoms with Gasteiger partial charge in [-0.1, -0.05) is 26.0 Å². The molecule has 1 aromatic heterocycles. The van der Waals surface area contributed by atoms with Gasteiger partial charge in [0.05, 0.1) is 6.33 Å². The van der Waals surface area contributed by atoms with E-state index < -0.39 is 11.1 Å². The highest BCUT2D eigenvalue weighted by Gasteiger charge is 2.29. The fourth-order valence-corrected chi connectivity index (χ4v) is 4.70. The molecule has 158 valence electrons. The van der Waals surface area contributed by atoms with Crippen LogP contribution in [0.4, 0.5) is 0 Å². The van der Waals surface area contributed by atoms with E-state index in [0.29, 0.717) is 17.4 Å². The number of aromatic nitrogens is 2. The van der Waals surface area contributed by atoms with Gasteiger partial charge in [-0.05, 0) is 66.8 Å². The van der Waals surface area contributed by atoms with Crippen LogP contribution >= 0.6 is 0 Å². The Balaban J connectivity index is 1.69. The molecular weight excluding hydrogens is 386 g/mol. The molecule has 2 aromatic rings. The second kappa shape index (κ2) is 10.2. The number of hydrogen-bond donors (Lipinski definition) is 0. The maximum absolute atomic E-state index is 12.4. The minimum absolute atomic E-state index is 0.200. The van der Waals surface area contributed by atoms with E-state index in [4.69, 9.17) is 0 Å². The second-order valence-electron chi connectivity index (χ2n) is 7.93. The number of carbonyl (C=O) groups excluding carboxylic acids is 1. The zero-order valence-corrected chi connectivity index (χ0v) is 18.0. The molecule has 1 aliphatic rings. The summed E-state index contributed by atoms with van der Waals surface area (Å²) >= 11 is -2.20. The second-order valence-corrected chi connectivity index (χ2v) is 8.88. The van der Waals surface area contributed by atoms with Gasteiger partial charge in [0, 0.05) is 42.3 Å². The van der Waals surface area contributed by atoms with Gasteiger partial charge in [0.25, 0.3) is 0 Å². The van der Waals surface area contributed by atoms with Gasteiger partial charge in [-0.15, -0.1) is 0 Å².